The quantitative estimate of drug-likeness (QED) is 0.438. The molecule has 0 radical (unpaired) electrons. The van der Waals surface area contributed by atoms with Gasteiger partial charge in [-0.25, -0.2) is 0 Å². The number of aryl methyl sites for hydroxylation is 1. The van der Waals surface area contributed by atoms with Crippen LogP contribution >= 0.6 is 22.9 Å². The maximum atomic E-state index is 10.7. The summed E-state index contributed by atoms with van der Waals surface area (Å²) in [4.78, 5) is 12.6. The van der Waals surface area contributed by atoms with Crippen molar-refractivity contribution in [3.8, 4) is 10.4 Å². The molecule has 0 bridgehead atoms. The molecular weight excluding hydrogens is 330 g/mol. The molecule has 116 valence electrons. The molecule has 3 aromatic rings. The number of nitro groups is 1. The van der Waals surface area contributed by atoms with Gasteiger partial charge in [0.25, 0.3) is 5.69 Å². The second-order valence-electron chi connectivity index (χ2n) is 5.34. The molecule has 1 heterocycles. The van der Waals surface area contributed by atoms with Crippen LogP contribution in [0.5, 0.6) is 0 Å². The molecule has 3 rings (SSSR count). The van der Waals surface area contributed by atoms with Crippen LogP contribution in [0.15, 0.2) is 54.6 Å². The molecule has 0 fully saturated rings. The van der Waals surface area contributed by atoms with E-state index in [0.717, 1.165) is 27.4 Å². The number of halogens is 1. The standard InChI is InChI=1S/C18H14ClNO2S/c1-12-2-8-17(19)14(10-12)11-16-7-9-18(23-16)13-3-5-15(6-4-13)20(21)22/h2-10H,11H2,1H3. The summed E-state index contributed by atoms with van der Waals surface area (Å²) < 4.78 is 0. The van der Waals surface area contributed by atoms with Gasteiger partial charge in [-0.2, -0.15) is 0 Å². The third-order valence-electron chi connectivity index (χ3n) is 3.59. The molecule has 1 aromatic heterocycles. The average molecular weight is 344 g/mol. The number of hydrogen-bond donors (Lipinski definition) is 0. The van der Waals surface area contributed by atoms with E-state index in [-0.39, 0.29) is 10.6 Å². The van der Waals surface area contributed by atoms with Gasteiger partial charge in [-0.3, -0.25) is 10.1 Å². The molecule has 0 aliphatic carbocycles. The molecule has 0 amide bonds. The van der Waals surface area contributed by atoms with Crippen molar-refractivity contribution in [3.05, 3.63) is 85.7 Å². The van der Waals surface area contributed by atoms with Gasteiger partial charge < -0.3 is 0 Å². The normalized spacial score (nSPS) is 10.7. The Labute approximate surface area is 143 Å². The van der Waals surface area contributed by atoms with Crippen molar-refractivity contribution in [1.82, 2.24) is 0 Å². The van der Waals surface area contributed by atoms with Crippen LogP contribution in [0, 0.1) is 17.0 Å². The van der Waals surface area contributed by atoms with Crippen LogP contribution in [-0.4, -0.2) is 4.92 Å². The summed E-state index contributed by atoms with van der Waals surface area (Å²) in [6, 6.07) is 16.8. The predicted octanol–water partition coefficient (Wildman–Crippen LogP) is 5.88. The van der Waals surface area contributed by atoms with Gasteiger partial charge >= 0.3 is 0 Å². The highest BCUT2D eigenvalue weighted by Gasteiger charge is 2.09. The summed E-state index contributed by atoms with van der Waals surface area (Å²) >= 11 is 7.94. The fourth-order valence-electron chi connectivity index (χ4n) is 2.40. The van der Waals surface area contributed by atoms with Gasteiger partial charge in [-0.05, 0) is 48.4 Å². The van der Waals surface area contributed by atoms with Gasteiger partial charge in [-0.15, -0.1) is 11.3 Å². The van der Waals surface area contributed by atoms with Crippen LogP contribution in [0.4, 0.5) is 5.69 Å². The fourth-order valence-corrected chi connectivity index (χ4v) is 3.62. The van der Waals surface area contributed by atoms with E-state index in [1.54, 1.807) is 23.5 Å². The molecule has 5 heteroatoms. The lowest BCUT2D eigenvalue weighted by Crippen LogP contribution is -1.87. The maximum absolute atomic E-state index is 10.7. The molecular formula is C18H14ClNO2S. The maximum Gasteiger partial charge on any atom is 0.269 e. The minimum Gasteiger partial charge on any atom is -0.258 e. The van der Waals surface area contributed by atoms with E-state index in [2.05, 4.69) is 19.1 Å². The molecule has 0 saturated heterocycles. The SMILES string of the molecule is Cc1ccc(Cl)c(Cc2ccc(-c3ccc([N+](=O)[O-])cc3)s2)c1. The smallest absolute Gasteiger partial charge is 0.258 e. The van der Waals surface area contributed by atoms with Crippen LogP contribution in [-0.2, 0) is 6.42 Å². The van der Waals surface area contributed by atoms with E-state index < -0.39 is 0 Å². The summed E-state index contributed by atoms with van der Waals surface area (Å²) in [5.41, 5.74) is 3.40. The van der Waals surface area contributed by atoms with Crippen LogP contribution < -0.4 is 0 Å². The molecule has 0 atom stereocenters. The van der Waals surface area contributed by atoms with Crippen LogP contribution in [0.2, 0.25) is 5.02 Å². The van der Waals surface area contributed by atoms with Crippen molar-refractivity contribution in [2.24, 2.45) is 0 Å². The number of thiophene rings is 1. The van der Waals surface area contributed by atoms with Crippen molar-refractivity contribution in [2.75, 3.05) is 0 Å². The van der Waals surface area contributed by atoms with Gasteiger partial charge in [0.2, 0.25) is 0 Å². The number of benzene rings is 2. The first-order chi connectivity index (χ1) is 11.0. The first kappa shape index (κ1) is 15.7. The van der Waals surface area contributed by atoms with Crippen molar-refractivity contribution in [3.63, 3.8) is 0 Å². The first-order valence-electron chi connectivity index (χ1n) is 7.11. The Kier molecular flexibility index (Phi) is 4.46. The van der Waals surface area contributed by atoms with E-state index >= 15 is 0 Å². The lowest BCUT2D eigenvalue weighted by molar-refractivity contribution is -0.384. The van der Waals surface area contributed by atoms with E-state index in [1.807, 2.05) is 18.2 Å². The van der Waals surface area contributed by atoms with E-state index in [9.17, 15) is 10.1 Å². The number of nitro benzene ring substituents is 1. The average Bonchev–Trinajstić information content (AvgIpc) is 2.99. The molecule has 0 N–H and O–H groups in total. The van der Waals surface area contributed by atoms with Crippen LogP contribution in [0.25, 0.3) is 10.4 Å². The summed E-state index contributed by atoms with van der Waals surface area (Å²) in [6.07, 6.45) is 0.790. The van der Waals surface area contributed by atoms with Crippen molar-refractivity contribution < 1.29 is 4.92 Å². The third kappa shape index (κ3) is 3.60. The number of rotatable bonds is 4. The lowest BCUT2D eigenvalue weighted by Gasteiger charge is -2.04. The Morgan fingerprint density at radius 3 is 2.52 bits per heavy atom. The number of hydrogen-bond acceptors (Lipinski definition) is 3. The third-order valence-corrected chi connectivity index (χ3v) is 5.09. The second-order valence-corrected chi connectivity index (χ2v) is 6.92. The largest absolute Gasteiger partial charge is 0.269 e. The van der Waals surface area contributed by atoms with E-state index in [1.165, 1.54) is 22.6 Å². The molecule has 3 nitrogen and oxygen atoms in total. The molecule has 0 saturated carbocycles. The van der Waals surface area contributed by atoms with Gasteiger partial charge in [-0.1, -0.05) is 29.3 Å². The Morgan fingerprint density at radius 2 is 1.83 bits per heavy atom. The number of nitrogens with zero attached hydrogens (tertiary/aromatic N) is 1. The molecule has 0 aliphatic heterocycles. The Morgan fingerprint density at radius 1 is 1.09 bits per heavy atom. The van der Waals surface area contributed by atoms with Crippen LogP contribution in [0.1, 0.15) is 16.0 Å². The predicted molar refractivity (Wildman–Crippen MR) is 95.4 cm³/mol. The van der Waals surface area contributed by atoms with Crippen molar-refractivity contribution in [1.29, 1.82) is 0 Å². The zero-order valence-electron chi connectivity index (χ0n) is 12.5. The highest BCUT2D eigenvalue weighted by molar-refractivity contribution is 7.15. The highest BCUT2D eigenvalue weighted by Crippen LogP contribution is 2.31. The zero-order chi connectivity index (χ0) is 16.4. The Hall–Kier alpha value is -2.17. The van der Waals surface area contributed by atoms with Crippen LogP contribution in [0.3, 0.4) is 0 Å². The highest BCUT2D eigenvalue weighted by atomic mass is 35.5. The minimum atomic E-state index is -0.386. The van der Waals surface area contributed by atoms with Gasteiger partial charge in [0.1, 0.15) is 0 Å². The lowest BCUT2D eigenvalue weighted by atomic mass is 10.1. The van der Waals surface area contributed by atoms with Gasteiger partial charge in [0.15, 0.2) is 0 Å². The van der Waals surface area contributed by atoms with Gasteiger partial charge in [0, 0.05) is 33.3 Å². The van der Waals surface area contributed by atoms with Crippen molar-refractivity contribution >= 4 is 28.6 Å². The monoisotopic (exact) mass is 343 g/mol. The molecule has 0 unspecified atom stereocenters. The van der Waals surface area contributed by atoms with Gasteiger partial charge in [0.05, 0.1) is 4.92 Å². The summed E-state index contributed by atoms with van der Waals surface area (Å²) in [5, 5.41) is 11.5. The summed E-state index contributed by atoms with van der Waals surface area (Å²) in [5.74, 6) is 0. The zero-order valence-corrected chi connectivity index (χ0v) is 14.0. The summed E-state index contributed by atoms with van der Waals surface area (Å²) in [7, 11) is 0. The summed E-state index contributed by atoms with van der Waals surface area (Å²) in [6.45, 7) is 2.05. The van der Waals surface area contributed by atoms with E-state index in [0.29, 0.717) is 0 Å². The molecule has 0 aliphatic rings. The topological polar surface area (TPSA) is 43.1 Å². The Balaban J connectivity index is 1.82. The second kappa shape index (κ2) is 6.52. The minimum absolute atomic E-state index is 0.108. The number of non-ortho nitro benzene ring substituents is 1. The molecule has 2 aromatic carbocycles. The van der Waals surface area contributed by atoms with E-state index in [4.69, 9.17) is 11.6 Å². The fraction of sp³-hybridized carbons (Fsp3) is 0.111. The molecule has 23 heavy (non-hydrogen) atoms. The van der Waals surface area contributed by atoms with Crippen molar-refractivity contribution in [2.45, 2.75) is 13.3 Å². The Bertz CT molecular complexity index is 856. The first-order valence-corrected chi connectivity index (χ1v) is 8.31. The molecule has 0 spiro atoms.